The van der Waals surface area contributed by atoms with Gasteiger partial charge in [0.15, 0.2) is 0 Å². The highest BCUT2D eigenvalue weighted by atomic mass is 16.1. The molecule has 1 aromatic heterocycles. The summed E-state index contributed by atoms with van der Waals surface area (Å²) < 4.78 is 0. The van der Waals surface area contributed by atoms with E-state index in [9.17, 15) is 4.79 Å². The number of nitrogens with zero attached hydrogens (tertiary/aromatic N) is 3. The van der Waals surface area contributed by atoms with E-state index in [1.54, 1.807) is 12.3 Å². The molecule has 0 unspecified atom stereocenters. The van der Waals surface area contributed by atoms with Crippen molar-refractivity contribution in [3.8, 4) is 0 Å². The molecule has 2 aromatic rings. The molecule has 1 aromatic carbocycles. The summed E-state index contributed by atoms with van der Waals surface area (Å²) >= 11 is 0. The van der Waals surface area contributed by atoms with E-state index in [0.29, 0.717) is 18.3 Å². The molecule has 1 atom stereocenters. The standard InChI is InChI=1S/C17H23N5O/c1-21-11-12-22(16(13-21)14-5-3-2-4-6-14)10-9-18-17(23)15-7-8-19-20-15/h2-8,16H,9-13H2,1H3,(H,18,23)(H,19,20)/t16-/m0/s1. The Morgan fingerprint density at radius 2 is 2.13 bits per heavy atom. The van der Waals surface area contributed by atoms with Crippen molar-refractivity contribution in [2.75, 3.05) is 39.8 Å². The van der Waals surface area contributed by atoms with Crippen molar-refractivity contribution in [2.45, 2.75) is 6.04 Å². The smallest absolute Gasteiger partial charge is 0.269 e. The topological polar surface area (TPSA) is 64.3 Å². The van der Waals surface area contributed by atoms with Crippen LogP contribution in [0.3, 0.4) is 0 Å². The molecule has 1 saturated heterocycles. The zero-order chi connectivity index (χ0) is 16.1. The molecule has 2 N–H and O–H groups in total. The molecule has 1 aliphatic heterocycles. The van der Waals surface area contributed by atoms with Crippen molar-refractivity contribution in [3.63, 3.8) is 0 Å². The summed E-state index contributed by atoms with van der Waals surface area (Å²) in [6.45, 7) is 4.55. The van der Waals surface area contributed by atoms with Crippen LogP contribution >= 0.6 is 0 Å². The van der Waals surface area contributed by atoms with Crippen molar-refractivity contribution >= 4 is 5.91 Å². The first kappa shape index (κ1) is 15.7. The second-order valence-corrected chi connectivity index (χ2v) is 5.95. The maximum Gasteiger partial charge on any atom is 0.269 e. The largest absolute Gasteiger partial charge is 0.349 e. The van der Waals surface area contributed by atoms with Crippen molar-refractivity contribution in [1.82, 2.24) is 25.3 Å². The second kappa shape index (κ2) is 7.39. The maximum absolute atomic E-state index is 11.9. The van der Waals surface area contributed by atoms with Crippen LogP contribution in [0.4, 0.5) is 0 Å². The van der Waals surface area contributed by atoms with Crippen molar-refractivity contribution in [2.24, 2.45) is 0 Å². The Morgan fingerprint density at radius 1 is 1.30 bits per heavy atom. The van der Waals surface area contributed by atoms with Gasteiger partial charge in [0.25, 0.3) is 5.91 Å². The van der Waals surface area contributed by atoms with Crippen LogP contribution < -0.4 is 5.32 Å². The third kappa shape index (κ3) is 3.97. The van der Waals surface area contributed by atoms with E-state index in [4.69, 9.17) is 0 Å². The molecule has 2 heterocycles. The average Bonchev–Trinajstić information content (AvgIpc) is 3.11. The zero-order valence-corrected chi connectivity index (χ0v) is 13.4. The Hall–Kier alpha value is -2.18. The molecular formula is C17H23N5O. The van der Waals surface area contributed by atoms with Gasteiger partial charge in [-0.15, -0.1) is 0 Å². The molecule has 1 fully saturated rings. The van der Waals surface area contributed by atoms with Crippen LogP contribution in [0.25, 0.3) is 0 Å². The Bertz CT molecular complexity index is 613. The number of likely N-dealkylation sites (N-methyl/N-ethyl adjacent to an activating group) is 1. The van der Waals surface area contributed by atoms with Crippen LogP contribution in [0.1, 0.15) is 22.1 Å². The molecule has 0 spiro atoms. The lowest BCUT2D eigenvalue weighted by atomic mass is 10.0. The van der Waals surface area contributed by atoms with E-state index >= 15 is 0 Å². The first-order chi connectivity index (χ1) is 11.2. The lowest BCUT2D eigenvalue weighted by Gasteiger charge is -2.40. The maximum atomic E-state index is 11.9. The number of carbonyl (C=O) groups is 1. The average molecular weight is 313 g/mol. The molecule has 0 saturated carbocycles. The lowest BCUT2D eigenvalue weighted by molar-refractivity contribution is 0.0840. The van der Waals surface area contributed by atoms with Gasteiger partial charge in [-0.1, -0.05) is 30.3 Å². The SMILES string of the molecule is CN1CCN(CCNC(=O)c2ccn[nH]2)[C@H](c2ccccc2)C1. The fourth-order valence-corrected chi connectivity index (χ4v) is 3.01. The Morgan fingerprint density at radius 3 is 2.87 bits per heavy atom. The predicted molar refractivity (Wildman–Crippen MR) is 89.2 cm³/mol. The fourth-order valence-electron chi connectivity index (χ4n) is 3.01. The lowest BCUT2D eigenvalue weighted by Crippen LogP contribution is -2.49. The molecule has 0 bridgehead atoms. The van der Waals surface area contributed by atoms with Gasteiger partial charge in [0.05, 0.1) is 0 Å². The second-order valence-electron chi connectivity index (χ2n) is 5.95. The molecule has 6 nitrogen and oxygen atoms in total. The fraction of sp³-hybridized carbons (Fsp3) is 0.412. The van der Waals surface area contributed by atoms with Gasteiger partial charge in [-0.2, -0.15) is 5.10 Å². The molecule has 1 aliphatic rings. The minimum absolute atomic E-state index is 0.104. The van der Waals surface area contributed by atoms with Crippen LogP contribution in [0.5, 0.6) is 0 Å². The number of amides is 1. The van der Waals surface area contributed by atoms with Gasteiger partial charge >= 0.3 is 0 Å². The summed E-state index contributed by atoms with van der Waals surface area (Å²) in [5.41, 5.74) is 1.84. The summed E-state index contributed by atoms with van der Waals surface area (Å²) in [5.74, 6) is -0.104. The highest BCUT2D eigenvalue weighted by Crippen LogP contribution is 2.24. The number of piperazine rings is 1. The molecule has 6 heteroatoms. The van der Waals surface area contributed by atoms with Gasteiger partial charge in [0, 0.05) is 45.0 Å². The predicted octanol–water partition coefficient (Wildman–Crippen LogP) is 1.13. The van der Waals surface area contributed by atoms with E-state index < -0.39 is 0 Å². The van der Waals surface area contributed by atoms with Crippen LogP contribution in [0, 0.1) is 0 Å². The number of nitrogens with one attached hydrogen (secondary N) is 2. The van der Waals surface area contributed by atoms with Crippen molar-refractivity contribution in [1.29, 1.82) is 0 Å². The number of hydrogen-bond donors (Lipinski definition) is 2. The molecule has 0 aliphatic carbocycles. The van der Waals surface area contributed by atoms with Gasteiger partial charge in [-0.3, -0.25) is 14.8 Å². The van der Waals surface area contributed by atoms with E-state index in [2.05, 4.69) is 56.6 Å². The van der Waals surface area contributed by atoms with Gasteiger partial charge in [0.2, 0.25) is 0 Å². The van der Waals surface area contributed by atoms with Crippen molar-refractivity contribution < 1.29 is 4.79 Å². The molecular weight excluding hydrogens is 290 g/mol. The summed E-state index contributed by atoms with van der Waals surface area (Å²) in [7, 11) is 2.16. The van der Waals surface area contributed by atoms with Crippen LogP contribution in [0.2, 0.25) is 0 Å². The number of hydrogen-bond acceptors (Lipinski definition) is 4. The Labute approximate surface area is 136 Å². The van der Waals surface area contributed by atoms with Gasteiger partial charge in [-0.25, -0.2) is 0 Å². The zero-order valence-electron chi connectivity index (χ0n) is 13.4. The van der Waals surface area contributed by atoms with E-state index in [-0.39, 0.29) is 5.91 Å². The molecule has 122 valence electrons. The first-order valence-electron chi connectivity index (χ1n) is 7.99. The highest BCUT2D eigenvalue weighted by molar-refractivity contribution is 5.92. The van der Waals surface area contributed by atoms with Crippen LogP contribution in [-0.2, 0) is 0 Å². The minimum atomic E-state index is -0.104. The number of carbonyl (C=O) groups excluding carboxylic acids is 1. The third-order valence-electron chi connectivity index (χ3n) is 4.31. The molecule has 1 amide bonds. The van der Waals surface area contributed by atoms with E-state index in [1.165, 1.54) is 5.56 Å². The monoisotopic (exact) mass is 313 g/mol. The van der Waals surface area contributed by atoms with Crippen LogP contribution in [0.15, 0.2) is 42.6 Å². The summed E-state index contributed by atoms with van der Waals surface area (Å²) in [6.07, 6.45) is 1.58. The first-order valence-corrected chi connectivity index (χ1v) is 7.99. The number of rotatable bonds is 5. The van der Waals surface area contributed by atoms with E-state index in [0.717, 1.165) is 26.2 Å². The number of aromatic nitrogens is 2. The van der Waals surface area contributed by atoms with E-state index in [1.807, 2.05) is 6.07 Å². The minimum Gasteiger partial charge on any atom is -0.349 e. The summed E-state index contributed by atoms with van der Waals surface area (Å²) in [6, 6.07) is 12.6. The number of H-pyrrole nitrogens is 1. The normalized spacial score (nSPS) is 19.6. The Balaban J connectivity index is 1.58. The van der Waals surface area contributed by atoms with Crippen LogP contribution in [-0.4, -0.2) is 65.7 Å². The molecule has 23 heavy (non-hydrogen) atoms. The summed E-state index contributed by atoms with van der Waals surface area (Å²) in [4.78, 5) is 16.7. The molecule has 3 rings (SSSR count). The quantitative estimate of drug-likeness (QED) is 0.868. The number of benzene rings is 1. The van der Waals surface area contributed by atoms with Gasteiger partial charge in [0.1, 0.15) is 5.69 Å². The van der Waals surface area contributed by atoms with Crippen molar-refractivity contribution in [3.05, 3.63) is 53.9 Å². The van der Waals surface area contributed by atoms with Gasteiger partial charge < -0.3 is 10.2 Å². The Kier molecular flexibility index (Phi) is 5.05. The van der Waals surface area contributed by atoms with Gasteiger partial charge in [-0.05, 0) is 18.7 Å². The summed E-state index contributed by atoms with van der Waals surface area (Å²) in [5, 5.41) is 9.43. The highest BCUT2D eigenvalue weighted by Gasteiger charge is 2.26. The number of aromatic amines is 1. The third-order valence-corrected chi connectivity index (χ3v) is 4.31. The molecule has 0 radical (unpaired) electrons.